The van der Waals surface area contributed by atoms with E-state index in [1.807, 2.05) is 0 Å². The lowest BCUT2D eigenvalue weighted by Gasteiger charge is -2.31. The minimum Gasteiger partial charge on any atom is -0.459 e. The van der Waals surface area contributed by atoms with Crippen molar-refractivity contribution in [2.45, 2.75) is 57.9 Å². The van der Waals surface area contributed by atoms with Crippen molar-refractivity contribution in [3.63, 3.8) is 0 Å². The van der Waals surface area contributed by atoms with E-state index < -0.39 is 0 Å². The molecule has 1 aliphatic rings. The Bertz CT molecular complexity index is 576. The molecule has 1 fully saturated rings. The second-order valence-corrected chi connectivity index (χ2v) is 6.17. The van der Waals surface area contributed by atoms with Gasteiger partial charge in [-0.25, -0.2) is 0 Å². The van der Waals surface area contributed by atoms with Crippen LogP contribution in [-0.2, 0) is 5.54 Å². The first-order chi connectivity index (χ1) is 9.75. The smallest absolute Gasteiger partial charge is 0.137 e. The van der Waals surface area contributed by atoms with Crippen molar-refractivity contribution >= 4 is 11.0 Å². The van der Waals surface area contributed by atoms with Crippen molar-refractivity contribution in [3.05, 3.63) is 35.6 Å². The molecule has 2 heteroatoms. The molecule has 0 radical (unpaired) electrons. The molecule has 0 aliphatic carbocycles. The number of benzene rings is 1. The summed E-state index contributed by atoms with van der Waals surface area (Å²) in [6.07, 6.45) is 7.44. The zero-order chi connectivity index (χ0) is 14.0. The Kier molecular flexibility index (Phi) is 3.84. The second-order valence-electron chi connectivity index (χ2n) is 6.17. The Morgan fingerprint density at radius 3 is 2.95 bits per heavy atom. The number of hydrogen-bond acceptors (Lipinski definition) is 2. The summed E-state index contributed by atoms with van der Waals surface area (Å²) in [5, 5.41) is 5.04. The van der Waals surface area contributed by atoms with E-state index in [1.54, 1.807) is 0 Å². The molecule has 1 aliphatic heterocycles. The molecule has 1 aromatic heterocycles. The highest BCUT2D eigenvalue weighted by molar-refractivity contribution is 5.81. The maximum Gasteiger partial charge on any atom is 0.137 e. The van der Waals surface area contributed by atoms with Crippen molar-refractivity contribution in [1.82, 2.24) is 5.32 Å². The Hall–Kier alpha value is -1.28. The zero-order valence-corrected chi connectivity index (χ0v) is 12.7. The number of aryl methyl sites for hydroxylation is 1. The number of para-hydroxylation sites is 1. The lowest BCUT2D eigenvalue weighted by atomic mass is 9.86. The van der Waals surface area contributed by atoms with Crippen LogP contribution in [0.4, 0.5) is 0 Å². The van der Waals surface area contributed by atoms with Gasteiger partial charge in [0.25, 0.3) is 0 Å². The topological polar surface area (TPSA) is 25.2 Å². The van der Waals surface area contributed by atoms with E-state index >= 15 is 0 Å². The molecule has 2 nitrogen and oxygen atoms in total. The summed E-state index contributed by atoms with van der Waals surface area (Å²) in [4.78, 5) is 0. The van der Waals surface area contributed by atoms with E-state index in [1.165, 1.54) is 43.1 Å². The van der Waals surface area contributed by atoms with Crippen LogP contribution in [0.5, 0.6) is 0 Å². The molecule has 0 saturated carbocycles. The van der Waals surface area contributed by atoms with Crippen molar-refractivity contribution in [2.75, 3.05) is 6.54 Å². The van der Waals surface area contributed by atoms with Gasteiger partial charge in [-0.1, -0.05) is 44.4 Å². The van der Waals surface area contributed by atoms with Crippen LogP contribution in [-0.4, -0.2) is 6.54 Å². The van der Waals surface area contributed by atoms with Crippen molar-refractivity contribution < 1.29 is 4.42 Å². The van der Waals surface area contributed by atoms with Gasteiger partial charge in [-0.3, -0.25) is 0 Å². The van der Waals surface area contributed by atoms with Crippen LogP contribution >= 0.6 is 0 Å². The first kappa shape index (κ1) is 13.7. The third-order valence-corrected chi connectivity index (χ3v) is 4.63. The molecule has 108 valence electrons. The zero-order valence-electron chi connectivity index (χ0n) is 12.7. The van der Waals surface area contributed by atoms with Gasteiger partial charge in [0.15, 0.2) is 0 Å². The van der Waals surface area contributed by atoms with Crippen LogP contribution < -0.4 is 5.32 Å². The molecular weight excluding hydrogens is 246 g/mol. The molecule has 3 rings (SSSR count). The van der Waals surface area contributed by atoms with E-state index in [2.05, 4.69) is 43.4 Å². The van der Waals surface area contributed by atoms with Gasteiger partial charge in [0.2, 0.25) is 0 Å². The minimum atomic E-state index is 0.0523. The van der Waals surface area contributed by atoms with Crippen LogP contribution in [0.25, 0.3) is 11.0 Å². The molecule has 1 unspecified atom stereocenters. The van der Waals surface area contributed by atoms with Gasteiger partial charge in [0.1, 0.15) is 11.3 Å². The summed E-state index contributed by atoms with van der Waals surface area (Å²) in [6.45, 7) is 5.50. The predicted molar refractivity (Wildman–Crippen MR) is 84.0 cm³/mol. The fourth-order valence-electron chi connectivity index (χ4n) is 3.56. The summed E-state index contributed by atoms with van der Waals surface area (Å²) >= 11 is 0. The Morgan fingerprint density at radius 2 is 2.15 bits per heavy atom. The Labute approximate surface area is 121 Å². The molecule has 1 atom stereocenters. The van der Waals surface area contributed by atoms with Gasteiger partial charge in [-0.2, -0.15) is 0 Å². The molecule has 1 N–H and O–H groups in total. The van der Waals surface area contributed by atoms with E-state index in [9.17, 15) is 0 Å². The largest absolute Gasteiger partial charge is 0.459 e. The highest BCUT2D eigenvalue weighted by Crippen LogP contribution is 2.37. The first-order valence-corrected chi connectivity index (χ1v) is 8.00. The molecular formula is C18H25NO. The molecule has 0 bridgehead atoms. The van der Waals surface area contributed by atoms with Gasteiger partial charge in [-0.05, 0) is 44.4 Å². The second kappa shape index (κ2) is 5.61. The van der Waals surface area contributed by atoms with Gasteiger partial charge in [-0.15, -0.1) is 0 Å². The molecule has 2 heterocycles. The Morgan fingerprint density at radius 1 is 1.25 bits per heavy atom. The summed E-state index contributed by atoms with van der Waals surface area (Å²) in [5.41, 5.74) is 2.34. The summed E-state index contributed by atoms with van der Waals surface area (Å²) in [6, 6.07) is 8.66. The number of hydrogen-bond donors (Lipinski definition) is 1. The van der Waals surface area contributed by atoms with Crippen LogP contribution in [0, 0.1) is 6.92 Å². The predicted octanol–water partition coefficient (Wildman–Crippen LogP) is 4.90. The monoisotopic (exact) mass is 271 g/mol. The maximum absolute atomic E-state index is 6.29. The lowest BCUT2D eigenvalue weighted by Crippen LogP contribution is -2.41. The highest BCUT2D eigenvalue weighted by Gasteiger charge is 2.35. The van der Waals surface area contributed by atoms with Gasteiger partial charge < -0.3 is 9.73 Å². The van der Waals surface area contributed by atoms with Gasteiger partial charge in [0, 0.05) is 5.39 Å². The van der Waals surface area contributed by atoms with E-state index in [0.29, 0.717) is 0 Å². The first-order valence-electron chi connectivity index (χ1n) is 8.00. The van der Waals surface area contributed by atoms with E-state index in [0.717, 1.165) is 24.3 Å². The number of nitrogens with one attached hydrogen (secondary N) is 1. The fraction of sp³-hybridized carbons (Fsp3) is 0.556. The quantitative estimate of drug-likeness (QED) is 0.859. The molecule has 1 aromatic carbocycles. The third kappa shape index (κ3) is 2.37. The average Bonchev–Trinajstić information content (AvgIpc) is 2.75. The fourth-order valence-corrected chi connectivity index (χ4v) is 3.56. The van der Waals surface area contributed by atoms with Gasteiger partial charge >= 0.3 is 0 Å². The van der Waals surface area contributed by atoms with Crippen molar-refractivity contribution in [3.8, 4) is 0 Å². The molecule has 0 spiro atoms. The minimum absolute atomic E-state index is 0.0523. The SMILES string of the molecule is CCCC1(c2cc3cccc(C)c3o2)CCCCCN1. The summed E-state index contributed by atoms with van der Waals surface area (Å²) in [7, 11) is 0. The number of furan rings is 1. The van der Waals surface area contributed by atoms with E-state index in [-0.39, 0.29) is 5.54 Å². The van der Waals surface area contributed by atoms with Crippen LogP contribution in [0.15, 0.2) is 28.7 Å². The molecule has 0 amide bonds. The average molecular weight is 271 g/mol. The van der Waals surface area contributed by atoms with Crippen LogP contribution in [0.3, 0.4) is 0 Å². The Balaban J connectivity index is 2.06. The number of fused-ring (bicyclic) bond motifs is 1. The number of rotatable bonds is 3. The molecule has 1 saturated heterocycles. The maximum atomic E-state index is 6.29. The standard InChI is InChI=1S/C18H25NO/c1-3-10-18(11-5-4-6-12-19-18)16-13-15-9-7-8-14(2)17(15)20-16/h7-9,13,19H,3-6,10-12H2,1-2H3. The highest BCUT2D eigenvalue weighted by atomic mass is 16.3. The molecule has 2 aromatic rings. The molecule has 20 heavy (non-hydrogen) atoms. The summed E-state index contributed by atoms with van der Waals surface area (Å²) in [5.74, 6) is 1.14. The van der Waals surface area contributed by atoms with Crippen LogP contribution in [0.2, 0.25) is 0 Å². The van der Waals surface area contributed by atoms with Crippen molar-refractivity contribution in [1.29, 1.82) is 0 Å². The van der Waals surface area contributed by atoms with E-state index in [4.69, 9.17) is 4.42 Å². The van der Waals surface area contributed by atoms with Crippen molar-refractivity contribution in [2.24, 2.45) is 0 Å². The third-order valence-electron chi connectivity index (χ3n) is 4.63. The normalized spacial score (nSPS) is 23.9. The lowest BCUT2D eigenvalue weighted by molar-refractivity contribution is 0.247. The van der Waals surface area contributed by atoms with Gasteiger partial charge in [0.05, 0.1) is 5.54 Å². The summed E-state index contributed by atoms with van der Waals surface area (Å²) < 4.78 is 6.29. The van der Waals surface area contributed by atoms with Crippen LogP contribution in [0.1, 0.15) is 56.8 Å².